The summed E-state index contributed by atoms with van der Waals surface area (Å²) in [5.41, 5.74) is 4.34. The molecule has 0 aliphatic carbocycles. The van der Waals surface area contributed by atoms with E-state index in [4.69, 9.17) is 13.9 Å². The predicted molar refractivity (Wildman–Crippen MR) is 97.4 cm³/mol. The molecule has 0 aliphatic rings. The van der Waals surface area contributed by atoms with Crippen molar-refractivity contribution in [2.75, 3.05) is 7.11 Å². The molecule has 1 aromatic heterocycles. The number of hydrogen-bond acceptors (Lipinski definition) is 5. The minimum Gasteiger partial charge on any atom is -0.496 e. The van der Waals surface area contributed by atoms with Crippen LogP contribution in [0.5, 0.6) is 11.5 Å². The zero-order valence-corrected chi connectivity index (χ0v) is 14.9. The Morgan fingerprint density at radius 1 is 1.00 bits per heavy atom. The first-order valence-corrected chi connectivity index (χ1v) is 8.27. The Labute approximate surface area is 160 Å². The van der Waals surface area contributed by atoms with Crippen LogP contribution in [0, 0.1) is 5.82 Å². The van der Waals surface area contributed by atoms with Crippen molar-refractivity contribution >= 4 is 11.8 Å². The average molecular weight is 384 g/mol. The summed E-state index contributed by atoms with van der Waals surface area (Å²) >= 11 is 0. The van der Waals surface area contributed by atoms with E-state index in [1.165, 1.54) is 19.2 Å². The molecule has 0 aliphatic heterocycles. The molecule has 2 amide bonds. The molecule has 0 fully saturated rings. The highest BCUT2D eigenvalue weighted by atomic mass is 19.1. The number of amides is 2. The minimum absolute atomic E-state index is 0.0156. The second kappa shape index (κ2) is 8.72. The maximum absolute atomic E-state index is 13.4. The van der Waals surface area contributed by atoms with Crippen LogP contribution >= 0.6 is 0 Å². The molecule has 0 saturated heterocycles. The third-order valence-electron chi connectivity index (χ3n) is 3.71. The lowest BCUT2D eigenvalue weighted by atomic mass is 10.2. The third kappa shape index (κ3) is 4.67. The molecular formula is C20H17FN2O5. The monoisotopic (exact) mass is 384 g/mol. The maximum atomic E-state index is 13.4. The van der Waals surface area contributed by atoms with Crippen LogP contribution in [-0.2, 0) is 6.61 Å². The van der Waals surface area contributed by atoms with Crippen LogP contribution in [-0.4, -0.2) is 18.9 Å². The second-order valence-corrected chi connectivity index (χ2v) is 5.62. The molecule has 3 rings (SSSR count). The van der Waals surface area contributed by atoms with E-state index in [1.54, 1.807) is 18.2 Å². The lowest BCUT2D eigenvalue weighted by molar-refractivity contribution is 0.0826. The Morgan fingerprint density at radius 2 is 1.75 bits per heavy atom. The van der Waals surface area contributed by atoms with Gasteiger partial charge in [0, 0.05) is 0 Å². The van der Waals surface area contributed by atoms with Gasteiger partial charge in [-0.05, 0) is 42.5 Å². The molecule has 0 bridgehead atoms. The Balaban J connectivity index is 1.56. The summed E-state index contributed by atoms with van der Waals surface area (Å²) in [6, 6.07) is 15.7. The van der Waals surface area contributed by atoms with Crippen LogP contribution in [0.1, 0.15) is 26.7 Å². The Kier molecular flexibility index (Phi) is 5.91. The zero-order chi connectivity index (χ0) is 19.9. The highest BCUT2D eigenvalue weighted by Gasteiger charge is 2.16. The van der Waals surface area contributed by atoms with Crippen LogP contribution in [0.25, 0.3) is 0 Å². The summed E-state index contributed by atoms with van der Waals surface area (Å²) in [6.45, 7) is 0.143. The SMILES string of the molecule is COc1ccc(F)cc1C(=O)NNC(=O)c1ccc(COc2ccccc2)o1. The molecule has 2 N–H and O–H groups in total. The summed E-state index contributed by atoms with van der Waals surface area (Å²) in [5.74, 6) is -0.747. The van der Waals surface area contributed by atoms with Gasteiger partial charge in [-0.1, -0.05) is 18.2 Å². The van der Waals surface area contributed by atoms with Crippen molar-refractivity contribution in [1.82, 2.24) is 10.9 Å². The molecule has 144 valence electrons. The smallest absolute Gasteiger partial charge is 0.305 e. The number of methoxy groups -OCH3 is 1. The number of halogens is 1. The molecule has 3 aromatic rings. The van der Waals surface area contributed by atoms with Crippen LogP contribution in [0.15, 0.2) is 65.1 Å². The van der Waals surface area contributed by atoms with Crippen LogP contribution < -0.4 is 20.3 Å². The van der Waals surface area contributed by atoms with E-state index in [0.29, 0.717) is 11.5 Å². The van der Waals surface area contributed by atoms with Crippen molar-refractivity contribution < 1.29 is 27.9 Å². The summed E-state index contributed by atoms with van der Waals surface area (Å²) in [5, 5.41) is 0. The molecule has 0 atom stereocenters. The van der Waals surface area contributed by atoms with Crippen molar-refractivity contribution in [3.63, 3.8) is 0 Å². The average Bonchev–Trinajstić information content (AvgIpc) is 3.20. The number of rotatable bonds is 6. The number of para-hydroxylation sites is 1. The first-order chi connectivity index (χ1) is 13.6. The topological polar surface area (TPSA) is 89.8 Å². The number of benzene rings is 2. The minimum atomic E-state index is -0.733. The molecule has 7 nitrogen and oxygen atoms in total. The van der Waals surface area contributed by atoms with Crippen molar-refractivity contribution in [3.05, 3.63) is 83.6 Å². The quantitative estimate of drug-likeness (QED) is 0.638. The lowest BCUT2D eigenvalue weighted by Crippen LogP contribution is -2.41. The van der Waals surface area contributed by atoms with Gasteiger partial charge in [-0.15, -0.1) is 0 Å². The third-order valence-corrected chi connectivity index (χ3v) is 3.71. The molecule has 8 heteroatoms. The molecule has 0 saturated carbocycles. The van der Waals surface area contributed by atoms with E-state index in [-0.39, 0.29) is 23.7 Å². The lowest BCUT2D eigenvalue weighted by Gasteiger charge is -2.09. The van der Waals surface area contributed by atoms with Crippen molar-refractivity contribution in [1.29, 1.82) is 0 Å². The molecule has 1 heterocycles. The van der Waals surface area contributed by atoms with Gasteiger partial charge in [-0.25, -0.2) is 4.39 Å². The first kappa shape index (κ1) is 19.0. The zero-order valence-electron chi connectivity index (χ0n) is 14.9. The van der Waals surface area contributed by atoms with E-state index in [9.17, 15) is 14.0 Å². The molecular weight excluding hydrogens is 367 g/mol. The fraction of sp³-hybridized carbons (Fsp3) is 0.100. The molecule has 0 spiro atoms. The fourth-order valence-corrected chi connectivity index (χ4v) is 2.35. The van der Waals surface area contributed by atoms with Gasteiger partial charge in [0.1, 0.15) is 29.7 Å². The predicted octanol–water partition coefficient (Wildman–Crippen LogP) is 3.08. The van der Waals surface area contributed by atoms with Gasteiger partial charge in [0.25, 0.3) is 5.91 Å². The van der Waals surface area contributed by atoms with Crippen molar-refractivity contribution in [3.8, 4) is 11.5 Å². The Morgan fingerprint density at radius 3 is 2.50 bits per heavy atom. The number of carbonyl (C=O) groups excluding carboxylic acids is 2. The highest BCUT2D eigenvalue weighted by Crippen LogP contribution is 2.19. The van der Waals surface area contributed by atoms with Gasteiger partial charge in [-0.3, -0.25) is 20.4 Å². The Bertz CT molecular complexity index is 972. The van der Waals surface area contributed by atoms with Gasteiger partial charge in [0.15, 0.2) is 5.76 Å². The van der Waals surface area contributed by atoms with Crippen molar-refractivity contribution in [2.45, 2.75) is 6.61 Å². The van der Waals surface area contributed by atoms with Gasteiger partial charge in [0.2, 0.25) is 0 Å². The molecule has 28 heavy (non-hydrogen) atoms. The molecule has 0 radical (unpaired) electrons. The summed E-state index contributed by atoms with van der Waals surface area (Å²) in [6.07, 6.45) is 0. The second-order valence-electron chi connectivity index (χ2n) is 5.62. The number of nitrogens with one attached hydrogen (secondary N) is 2. The summed E-state index contributed by atoms with van der Waals surface area (Å²) < 4.78 is 29.3. The number of hydrazine groups is 1. The largest absolute Gasteiger partial charge is 0.496 e. The van der Waals surface area contributed by atoms with E-state index < -0.39 is 17.6 Å². The van der Waals surface area contributed by atoms with E-state index in [0.717, 1.165) is 12.1 Å². The Hall–Kier alpha value is -3.81. The number of ether oxygens (including phenoxy) is 2. The summed E-state index contributed by atoms with van der Waals surface area (Å²) in [4.78, 5) is 24.3. The van der Waals surface area contributed by atoms with Crippen LogP contribution in [0.3, 0.4) is 0 Å². The van der Waals surface area contributed by atoms with Gasteiger partial charge in [0.05, 0.1) is 12.7 Å². The molecule has 0 unspecified atom stereocenters. The summed E-state index contributed by atoms with van der Waals surface area (Å²) in [7, 11) is 1.35. The van der Waals surface area contributed by atoms with Gasteiger partial charge < -0.3 is 13.9 Å². The maximum Gasteiger partial charge on any atom is 0.305 e. The van der Waals surface area contributed by atoms with Gasteiger partial charge >= 0.3 is 5.91 Å². The standard InChI is InChI=1S/C20H17FN2O5/c1-26-17-9-7-13(21)11-16(17)19(24)22-23-20(25)18-10-8-15(28-18)12-27-14-5-3-2-4-6-14/h2-11H,12H2,1H3,(H,22,24)(H,23,25). The number of hydrogen-bond donors (Lipinski definition) is 2. The highest BCUT2D eigenvalue weighted by molar-refractivity contribution is 5.99. The molecule has 2 aromatic carbocycles. The van der Waals surface area contributed by atoms with Crippen LogP contribution in [0.2, 0.25) is 0 Å². The van der Waals surface area contributed by atoms with E-state index >= 15 is 0 Å². The van der Waals surface area contributed by atoms with E-state index in [1.807, 2.05) is 18.2 Å². The fourth-order valence-electron chi connectivity index (χ4n) is 2.35. The van der Waals surface area contributed by atoms with Gasteiger partial charge in [-0.2, -0.15) is 0 Å². The first-order valence-electron chi connectivity index (χ1n) is 8.27. The van der Waals surface area contributed by atoms with Crippen molar-refractivity contribution in [2.24, 2.45) is 0 Å². The number of furan rings is 1. The van der Waals surface area contributed by atoms with E-state index in [2.05, 4.69) is 10.9 Å². The van der Waals surface area contributed by atoms with Crippen LogP contribution in [0.4, 0.5) is 4.39 Å². The number of carbonyl (C=O) groups is 2. The normalized spacial score (nSPS) is 10.2.